The molecule has 1 fully saturated rings. The maximum absolute atomic E-state index is 6.06. The van der Waals surface area contributed by atoms with E-state index in [9.17, 15) is 0 Å². The normalized spacial score (nSPS) is 17.6. The molecule has 1 aromatic heterocycles. The van der Waals surface area contributed by atoms with E-state index >= 15 is 0 Å². The Morgan fingerprint density at radius 1 is 1.33 bits per heavy atom. The van der Waals surface area contributed by atoms with Crippen LogP contribution in [0, 0.1) is 20.8 Å². The predicted molar refractivity (Wildman–Crippen MR) is 123 cm³/mol. The molecule has 1 aromatic carbocycles. The molecule has 27 heavy (non-hydrogen) atoms. The molecule has 1 unspecified atom stereocenters. The zero-order valence-corrected chi connectivity index (χ0v) is 19.6. The van der Waals surface area contributed by atoms with Gasteiger partial charge in [-0.05, 0) is 38.8 Å². The van der Waals surface area contributed by atoms with Gasteiger partial charge in [-0.15, -0.1) is 35.3 Å². The number of thiazole rings is 1. The van der Waals surface area contributed by atoms with E-state index in [0.717, 1.165) is 36.3 Å². The SMILES string of the molecule is CCNC(=NCc1sc(C)nc1C)N1CCOC(c2ccccc2C)C1.I. The Kier molecular flexibility index (Phi) is 8.50. The second-order valence-electron chi connectivity index (χ2n) is 6.57. The molecular formula is C20H29IN4OS. The van der Waals surface area contributed by atoms with Gasteiger partial charge in [-0.1, -0.05) is 24.3 Å². The molecule has 0 bridgehead atoms. The first-order chi connectivity index (χ1) is 12.6. The van der Waals surface area contributed by atoms with Crippen molar-refractivity contribution >= 4 is 41.3 Å². The smallest absolute Gasteiger partial charge is 0.194 e. The Labute approximate surface area is 183 Å². The fourth-order valence-electron chi connectivity index (χ4n) is 3.27. The number of nitrogens with one attached hydrogen (secondary N) is 1. The predicted octanol–water partition coefficient (Wildman–Crippen LogP) is 4.23. The first-order valence-electron chi connectivity index (χ1n) is 9.21. The van der Waals surface area contributed by atoms with Gasteiger partial charge in [0, 0.05) is 18.0 Å². The molecule has 3 rings (SSSR count). The number of ether oxygens (including phenoxy) is 1. The molecule has 1 saturated heterocycles. The van der Waals surface area contributed by atoms with Gasteiger partial charge < -0.3 is 15.0 Å². The highest BCUT2D eigenvalue weighted by Crippen LogP contribution is 2.25. The lowest BCUT2D eigenvalue weighted by Crippen LogP contribution is -2.48. The highest BCUT2D eigenvalue weighted by molar-refractivity contribution is 14.0. The number of hydrogen-bond donors (Lipinski definition) is 1. The molecule has 0 aliphatic carbocycles. The number of halogens is 1. The number of aliphatic imine (C=N–C) groups is 1. The van der Waals surface area contributed by atoms with Crippen molar-refractivity contribution in [2.45, 2.75) is 40.3 Å². The van der Waals surface area contributed by atoms with Crippen molar-refractivity contribution in [3.05, 3.63) is 51.0 Å². The zero-order valence-electron chi connectivity index (χ0n) is 16.5. The van der Waals surface area contributed by atoms with Crippen LogP contribution < -0.4 is 5.32 Å². The summed E-state index contributed by atoms with van der Waals surface area (Å²) in [6, 6.07) is 8.46. The summed E-state index contributed by atoms with van der Waals surface area (Å²) < 4.78 is 6.06. The number of rotatable bonds is 4. The molecule has 1 atom stereocenters. The first-order valence-corrected chi connectivity index (χ1v) is 10.0. The summed E-state index contributed by atoms with van der Waals surface area (Å²) in [7, 11) is 0. The molecule has 7 heteroatoms. The molecule has 1 N–H and O–H groups in total. The molecule has 5 nitrogen and oxygen atoms in total. The molecule has 1 aliphatic rings. The number of benzene rings is 1. The van der Waals surface area contributed by atoms with Crippen LogP contribution in [0.4, 0.5) is 0 Å². The Balaban J connectivity index is 0.00000261. The molecule has 0 saturated carbocycles. The standard InChI is InChI=1S/C20H28N4OS.HI/c1-5-21-20(22-12-19-15(3)23-16(4)26-19)24-10-11-25-18(13-24)17-9-7-6-8-14(17)2;/h6-9,18H,5,10-13H2,1-4H3,(H,21,22);1H. The third-order valence-electron chi connectivity index (χ3n) is 4.61. The van der Waals surface area contributed by atoms with Crippen LogP contribution in [-0.2, 0) is 11.3 Å². The maximum atomic E-state index is 6.06. The summed E-state index contributed by atoms with van der Waals surface area (Å²) in [6.45, 7) is 12.3. The van der Waals surface area contributed by atoms with Gasteiger partial charge >= 0.3 is 0 Å². The quantitative estimate of drug-likeness (QED) is 0.388. The molecule has 0 radical (unpaired) electrons. The largest absolute Gasteiger partial charge is 0.370 e. The second kappa shape index (κ2) is 10.4. The summed E-state index contributed by atoms with van der Waals surface area (Å²) >= 11 is 1.73. The lowest BCUT2D eigenvalue weighted by atomic mass is 10.0. The highest BCUT2D eigenvalue weighted by atomic mass is 127. The van der Waals surface area contributed by atoms with Crippen molar-refractivity contribution < 1.29 is 4.74 Å². The monoisotopic (exact) mass is 500 g/mol. The van der Waals surface area contributed by atoms with Crippen LogP contribution in [0.1, 0.15) is 39.7 Å². The van der Waals surface area contributed by atoms with Crippen LogP contribution in [0.2, 0.25) is 0 Å². The zero-order chi connectivity index (χ0) is 18.5. The van der Waals surface area contributed by atoms with Crippen molar-refractivity contribution in [3.8, 4) is 0 Å². The number of aromatic nitrogens is 1. The van der Waals surface area contributed by atoms with Gasteiger partial charge in [-0.25, -0.2) is 9.98 Å². The molecule has 148 valence electrons. The van der Waals surface area contributed by atoms with Crippen molar-refractivity contribution in [1.29, 1.82) is 0 Å². The van der Waals surface area contributed by atoms with E-state index in [2.05, 4.69) is 60.2 Å². The Bertz CT molecular complexity index is 777. The molecule has 2 aromatic rings. The lowest BCUT2D eigenvalue weighted by molar-refractivity contribution is -0.00833. The Hall–Kier alpha value is -1.19. The van der Waals surface area contributed by atoms with Crippen molar-refractivity contribution in [2.24, 2.45) is 4.99 Å². The van der Waals surface area contributed by atoms with Crippen LogP contribution >= 0.6 is 35.3 Å². The summed E-state index contributed by atoms with van der Waals surface area (Å²) in [5, 5.41) is 4.54. The molecule has 0 amide bonds. The molecule has 0 spiro atoms. The average molecular weight is 500 g/mol. The Morgan fingerprint density at radius 3 is 2.78 bits per heavy atom. The summed E-state index contributed by atoms with van der Waals surface area (Å²) in [5.41, 5.74) is 3.63. The third kappa shape index (κ3) is 5.65. The van der Waals surface area contributed by atoms with E-state index in [-0.39, 0.29) is 30.1 Å². The maximum Gasteiger partial charge on any atom is 0.194 e. The fourth-order valence-corrected chi connectivity index (χ4v) is 4.13. The van der Waals surface area contributed by atoms with Gasteiger partial charge in [0.1, 0.15) is 6.10 Å². The summed E-state index contributed by atoms with van der Waals surface area (Å²) in [6.07, 6.45) is 0.0844. The van der Waals surface area contributed by atoms with Gasteiger partial charge in [0.25, 0.3) is 0 Å². The van der Waals surface area contributed by atoms with E-state index in [0.29, 0.717) is 13.2 Å². The second-order valence-corrected chi connectivity index (χ2v) is 7.86. The Morgan fingerprint density at radius 2 is 2.11 bits per heavy atom. The number of morpholine rings is 1. The minimum Gasteiger partial charge on any atom is -0.370 e. The molecular weight excluding hydrogens is 471 g/mol. The topological polar surface area (TPSA) is 49.8 Å². The van der Waals surface area contributed by atoms with Gasteiger partial charge in [-0.2, -0.15) is 0 Å². The highest BCUT2D eigenvalue weighted by Gasteiger charge is 2.25. The van der Waals surface area contributed by atoms with E-state index in [1.165, 1.54) is 16.0 Å². The number of hydrogen-bond acceptors (Lipinski definition) is 4. The number of aryl methyl sites for hydroxylation is 3. The molecule has 1 aliphatic heterocycles. The van der Waals surface area contributed by atoms with Gasteiger partial charge in [-0.3, -0.25) is 0 Å². The average Bonchev–Trinajstić information content (AvgIpc) is 2.96. The lowest BCUT2D eigenvalue weighted by Gasteiger charge is -2.35. The summed E-state index contributed by atoms with van der Waals surface area (Å²) in [4.78, 5) is 12.9. The van der Waals surface area contributed by atoms with Crippen molar-refractivity contribution in [1.82, 2.24) is 15.2 Å². The van der Waals surface area contributed by atoms with Crippen molar-refractivity contribution in [2.75, 3.05) is 26.2 Å². The van der Waals surface area contributed by atoms with Gasteiger partial charge in [0.05, 0.1) is 30.4 Å². The fraction of sp³-hybridized carbons (Fsp3) is 0.500. The number of nitrogens with zero attached hydrogens (tertiary/aromatic N) is 3. The minimum absolute atomic E-state index is 0. The van der Waals surface area contributed by atoms with E-state index in [1.54, 1.807) is 11.3 Å². The van der Waals surface area contributed by atoms with Gasteiger partial charge in [0.15, 0.2) is 5.96 Å². The summed E-state index contributed by atoms with van der Waals surface area (Å²) in [5.74, 6) is 0.958. The van der Waals surface area contributed by atoms with Gasteiger partial charge in [0.2, 0.25) is 0 Å². The van der Waals surface area contributed by atoms with Crippen LogP contribution in [0.15, 0.2) is 29.3 Å². The van der Waals surface area contributed by atoms with Crippen LogP contribution in [0.3, 0.4) is 0 Å². The molecule has 2 heterocycles. The van der Waals surface area contributed by atoms with Crippen LogP contribution in [0.5, 0.6) is 0 Å². The van der Waals surface area contributed by atoms with E-state index < -0.39 is 0 Å². The van der Waals surface area contributed by atoms with E-state index in [1.807, 2.05) is 6.92 Å². The number of guanidine groups is 1. The first kappa shape index (κ1) is 22.1. The van der Waals surface area contributed by atoms with E-state index in [4.69, 9.17) is 9.73 Å². The van der Waals surface area contributed by atoms with Crippen LogP contribution in [0.25, 0.3) is 0 Å². The van der Waals surface area contributed by atoms with Crippen molar-refractivity contribution in [3.63, 3.8) is 0 Å². The third-order valence-corrected chi connectivity index (χ3v) is 5.67. The minimum atomic E-state index is 0. The van der Waals surface area contributed by atoms with Crippen LogP contribution in [-0.4, -0.2) is 42.1 Å².